The molecule has 2 aliphatic rings. The molecule has 1 saturated carbocycles. The Bertz CT molecular complexity index is 1480. The first-order chi connectivity index (χ1) is 17.8. The van der Waals surface area contributed by atoms with Gasteiger partial charge in [0.05, 0.1) is 46.9 Å². The Morgan fingerprint density at radius 1 is 1.14 bits per heavy atom. The number of rotatable bonds is 6. The van der Waals surface area contributed by atoms with E-state index in [0.29, 0.717) is 24.5 Å². The van der Waals surface area contributed by atoms with Gasteiger partial charge in [0, 0.05) is 6.20 Å². The van der Waals surface area contributed by atoms with Crippen LogP contribution < -0.4 is 0 Å². The van der Waals surface area contributed by atoms with Crippen LogP contribution in [0.1, 0.15) is 62.9 Å². The maximum absolute atomic E-state index is 14.5. The first kappa shape index (κ1) is 23.7. The van der Waals surface area contributed by atoms with Crippen molar-refractivity contribution in [3.05, 3.63) is 71.6 Å². The minimum atomic E-state index is -0.665. The van der Waals surface area contributed by atoms with Gasteiger partial charge in [-0.1, -0.05) is 26.8 Å². The van der Waals surface area contributed by atoms with Crippen molar-refractivity contribution >= 4 is 0 Å². The second-order valence-electron chi connectivity index (χ2n) is 10.5. The van der Waals surface area contributed by atoms with Crippen LogP contribution in [0.15, 0.2) is 43.0 Å². The van der Waals surface area contributed by atoms with Gasteiger partial charge >= 0.3 is 0 Å². The van der Waals surface area contributed by atoms with Crippen LogP contribution in [0.5, 0.6) is 0 Å². The Labute approximate surface area is 212 Å². The Hall–Kier alpha value is -3.66. The van der Waals surface area contributed by atoms with Crippen LogP contribution in [0.4, 0.5) is 8.78 Å². The van der Waals surface area contributed by atoms with E-state index in [4.69, 9.17) is 4.98 Å². The maximum atomic E-state index is 14.5. The molecule has 0 unspecified atom stereocenters. The molecule has 1 fully saturated rings. The number of hydrogen-bond donors (Lipinski definition) is 1. The molecule has 190 valence electrons. The van der Waals surface area contributed by atoms with Crippen molar-refractivity contribution in [2.45, 2.75) is 64.0 Å². The predicted molar refractivity (Wildman–Crippen MR) is 131 cm³/mol. The summed E-state index contributed by atoms with van der Waals surface area (Å²) in [5.41, 5.74) is 2.21. The molecule has 10 heteroatoms. The number of benzene rings is 1. The highest BCUT2D eigenvalue weighted by molar-refractivity contribution is 5.64. The molecule has 3 atom stereocenters. The van der Waals surface area contributed by atoms with Gasteiger partial charge in [-0.05, 0) is 54.4 Å². The summed E-state index contributed by atoms with van der Waals surface area (Å²) in [5.74, 6) is -0.676. The second-order valence-corrected chi connectivity index (χ2v) is 10.5. The smallest absolute Gasteiger partial charge is 0.178 e. The summed E-state index contributed by atoms with van der Waals surface area (Å²) in [4.78, 5) is 13.9. The third-order valence-electron chi connectivity index (χ3n) is 8.37. The van der Waals surface area contributed by atoms with Gasteiger partial charge < -0.3 is 5.11 Å². The number of aromatic nitrogens is 7. The van der Waals surface area contributed by atoms with Crippen LogP contribution in [0.25, 0.3) is 22.8 Å². The summed E-state index contributed by atoms with van der Waals surface area (Å²) < 4.78 is 30.7. The highest BCUT2D eigenvalue weighted by atomic mass is 19.1. The number of aliphatic hydroxyl groups is 1. The number of hydrogen-bond acceptors (Lipinski definition) is 7. The normalized spacial score (nSPS) is 22.3. The summed E-state index contributed by atoms with van der Waals surface area (Å²) in [6.07, 6.45) is 6.59. The van der Waals surface area contributed by atoms with Crippen molar-refractivity contribution in [1.29, 1.82) is 0 Å². The van der Waals surface area contributed by atoms with Crippen molar-refractivity contribution in [2.75, 3.05) is 0 Å². The lowest BCUT2D eigenvalue weighted by atomic mass is 9.66. The van der Waals surface area contributed by atoms with Gasteiger partial charge in [0.2, 0.25) is 0 Å². The van der Waals surface area contributed by atoms with E-state index < -0.39 is 23.2 Å². The van der Waals surface area contributed by atoms with E-state index in [-0.39, 0.29) is 22.6 Å². The van der Waals surface area contributed by atoms with E-state index >= 15 is 0 Å². The molecular formula is C27H27F2N7O. The lowest BCUT2D eigenvalue weighted by Gasteiger charge is -2.37. The predicted octanol–water partition coefficient (Wildman–Crippen LogP) is 4.44. The Morgan fingerprint density at radius 2 is 1.92 bits per heavy atom. The van der Waals surface area contributed by atoms with E-state index in [2.05, 4.69) is 39.1 Å². The SMILES string of the molecule is CC[C@@H](O)Cn1ncnc1-c1cncc([C@@]23CC[C@@H](c4cc(-c5c(F)cccc5F)nnc42)C3(C)C)n1. The van der Waals surface area contributed by atoms with E-state index in [1.807, 2.05) is 6.92 Å². The summed E-state index contributed by atoms with van der Waals surface area (Å²) in [7, 11) is 0. The monoisotopic (exact) mass is 503 g/mol. The zero-order valence-electron chi connectivity index (χ0n) is 20.9. The van der Waals surface area contributed by atoms with Gasteiger partial charge in [0.25, 0.3) is 0 Å². The maximum Gasteiger partial charge on any atom is 0.178 e. The van der Waals surface area contributed by atoms with Gasteiger partial charge in [-0.15, -0.1) is 5.10 Å². The highest BCUT2D eigenvalue weighted by Gasteiger charge is 2.65. The average molecular weight is 504 g/mol. The number of fused-ring (bicyclic) bond motifs is 5. The van der Waals surface area contributed by atoms with Crippen LogP contribution in [-0.4, -0.2) is 46.1 Å². The van der Waals surface area contributed by atoms with E-state index in [0.717, 1.165) is 29.8 Å². The molecule has 3 heterocycles. The zero-order chi connectivity index (χ0) is 25.9. The third kappa shape index (κ3) is 3.34. The molecule has 37 heavy (non-hydrogen) atoms. The first-order valence-electron chi connectivity index (χ1n) is 12.5. The van der Waals surface area contributed by atoms with Crippen molar-refractivity contribution < 1.29 is 13.9 Å². The number of nitrogens with zero attached hydrogens (tertiary/aromatic N) is 7. The van der Waals surface area contributed by atoms with Crippen LogP contribution >= 0.6 is 0 Å². The molecule has 0 aliphatic heterocycles. The molecule has 4 aromatic rings. The number of aliphatic hydroxyl groups excluding tert-OH is 1. The minimum Gasteiger partial charge on any atom is -0.391 e. The first-order valence-corrected chi connectivity index (χ1v) is 12.5. The molecule has 6 rings (SSSR count). The molecule has 0 saturated heterocycles. The summed E-state index contributed by atoms with van der Waals surface area (Å²) in [6.45, 7) is 6.58. The summed E-state index contributed by atoms with van der Waals surface area (Å²) in [5, 5.41) is 23.3. The van der Waals surface area contributed by atoms with Crippen LogP contribution in [0.2, 0.25) is 0 Å². The molecule has 8 nitrogen and oxygen atoms in total. The molecule has 1 aromatic carbocycles. The fraction of sp³-hybridized carbons (Fsp3) is 0.407. The second kappa shape index (κ2) is 8.44. The molecule has 2 aliphatic carbocycles. The highest BCUT2D eigenvalue weighted by Crippen LogP contribution is 2.69. The van der Waals surface area contributed by atoms with Gasteiger partial charge in [-0.25, -0.2) is 23.4 Å². The number of halogens is 2. The Balaban J connectivity index is 1.47. The Kier molecular flexibility index (Phi) is 5.41. The van der Waals surface area contributed by atoms with E-state index in [1.165, 1.54) is 24.5 Å². The zero-order valence-corrected chi connectivity index (χ0v) is 20.9. The van der Waals surface area contributed by atoms with E-state index in [1.54, 1.807) is 23.1 Å². The van der Waals surface area contributed by atoms with Crippen LogP contribution in [0, 0.1) is 17.0 Å². The average Bonchev–Trinajstić information content (AvgIpc) is 3.51. The van der Waals surface area contributed by atoms with Gasteiger partial charge in [-0.2, -0.15) is 10.2 Å². The van der Waals surface area contributed by atoms with Gasteiger partial charge in [0.15, 0.2) is 5.82 Å². The minimum absolute atomic E-state index is 0.125. The van der Waals surface area contributed by atoms with Gasteiger partial charge in [-0.3, -0.25) is 4.98 Å². The quantitative estimate of drug-likeness (QED) is 0.415. The molecule has 0 radical (unpaired) electrons. The molecule has 3 aromatic heterocycles. The lowest BCUT2D eigenvalue weighted by Crippen LogP contribution is -2.38. The topological polar surface area (TPSA) is 102 Å². The summed E-state index contributed by atoms with van der Waals surface area (Å²) in [6, 6.07) is 5.58. The van der Waals surface area contributed by atoms with Crippen LogP contribution in [0.3, 0.4) is 0 Å². The molecule has 1 N–H and O–H groups in total. The van der Waals surface area contributed by atoms with Crippen molar-refractivity contribution in [3.8, 4) is 22.8 Å². The molecule has 2 bridgehead atoms. The fourth-order valence-electron chi connectivity index (χ4n) is 6.36. The van der Waals surface area contributed by atoms with Crippen molar-refractivity contribution in [3.63, 3.8) is 0 Å². The fourth-order valence-corrected chi connectivity index (χ4v) is 6.36. The third-order valence-corrected chi connectivity index (χ3v) is 8.37. The van der Waals surface area contributed by atoms with Gasteiger partial charge in [0.1, 0.15) is 23.7 Å². The lowest BCUT2D eigenvalue weighted by molar-refractivity contribution is 0.145. The standard InChI is InChI=1S/C27H27F2N7O/c1-4-15(37)13-36-25(31-14-32-36)21-11-30-12-22(33-21)27-9-8-17(26(27,2)3)16-10-20(34-35-24(16)27)23-18(28)6-5-7-19(23)29/h5-7,10-12,14-15,17,37H,4,8-9,13H2,1-3H3/t15-,17+,27+/m1/s1. The van der Waals surface area contributed by atoms with Crippen molar-refractivity contribution in [1.82, 2.24) is 34.9 Å². The Morgan fingerprint density at radius 3 is 2.68 bits per heavy atom. The molecule has 0 amide bonds. The van der Waals surface area contributed by atoms with E-state index in [9.17, 15) is 13.9 Å². The largest absolute Gasteiger partial charge is 0.391 e. The van der Waals surface area contributed by atoms with Crippen molar-refractivity contribution in [2.24, 2.45) is 5.41 Å². The summed E-state index contributed by atoms with van der Waals surface area (Å²) >= 11 is 0. The molecular weight excluding hydrogens is 476 g/mol. The molecule has 0 spiro atoms. The van der Waals surface area contributed by atoms with Crippen LogP contribution in [-0.2, 0) is 12.0 Å².